The van der Waals surface area contributed by atoms with Crippen LogP contribution in [0.5, 0.6) is 0 Å². The van der Waals surface area contributed by atoms with Crippen molar-refractivity contribution in [2.75, 3.05) is 13.7 Å². The lowest BCUT2D eigenvalue weighted by molar-refractivity contribution is -0.152. The minimum Gasteiger partial charge on any atom is -0.375 e. The summed E-state index contributed by atoms with van der Waals surface area (Å²) in [5, 5.41) is 0. The summed E-state index contributed by atoms with van der Waals surface area (Å²) >= 11 is 0. The lowest BCUT2D eigenvalue weighted by atomic mass is 9.69. The van der Waals surface area contributed by atoms with Crippen LogP contribution in [0.1, 0.15) is 43.8 Å². The van der Waals surface area contributed by atoms with Crippen molar-refractivity contribution in [1.29, 1.82) is 0 Å². The molecule has 3 N–H and O–H groups in total. The highest BCUT2D eigenvalue weighted by Crippen LogP contribution is 2.46. The maximum atomic E-state index is 6.04. The Bertz CT molecular complexity index is 447. The summed E-state index contributed by atoms with van der Waals surface area (Å²) < 4.78 is 11.8. The number of rotatable bonds is 5. The minimum atomic E-state index is -0.0172. The average molecular weight is 290 g/mol. The van der Waals surface area contributed by atoms with Gasteiger partial charge in [0.2, 0.25) is 0 Å². The Morgan fingerprint density at radius 3 is 2.67 bits per heavy atom. The predicted molar refractivity (Wildman–Crippen MR) is 82.6 cm³/mol. The molecule has 4 heteroatoms. The lowest BCUT2D eigenvalue weighted by Gasteiger charge is -2.49. The zero-order valence-corrected chi connectivity index (χ0v) is 12.8. The molecule has 1 aromatic rings. The highest BCUT2D eigenvalue weighted by molar-refractivity contribution is 5.20. The molecule has 21 heavy (non-hydrogen) atoms. The van der Waals surface area contributed by atoms with Gasteiger partial charge in [0.15, 0.2) is 0 Å². The molecule has 1 spiro atoms. The quantitative estimate of drug-likeness (QED) is 0.646. The van der Waals surface area contributed by atoms with E-state index in [1.807, 2.05) is 18.2 Å². The maximum absolute atomic E-state index is 6.04. The predicted octanol–water partition coefficient (Wildman–Crippen LogP) is 2.56. The highest BCUT2D eigenvalue weighted by Gasteiger charge is 2.45. The van der Waals surface area contributed by atoms with Crippen molar-refractivity contribution in [2.24, 2.45) is 11.8 Å². The van der Waals surface area contributed by atoms with Crippen LogP contribution in [-0.2, 0) is 9.47 Å². The number of methoxy groups -OCH3 is 1. The zero-order chi connectivity index (χ0) is 14.7. The molecule has 1 aromatic carbocycles. The molecule has 0 amide bonds. The van der Waals surface area contributed by atoms with Crippen LogP contribution < -0.4 is 11.3 Å². The minimum absolute atomic E-state index is 0.0172. The second-order valence-electron chi connectivity index (χ2n) is 6.40. The zero-order valence-electron chi connectivity index (χ0n) is 12.8. The smallest absolute Gasteiger partial charge is 0.0990 e. The van der Waals surface area contributed by atoms with E-state index in [0.717, 1.165) is 19.4 Å². The third-order valence-corrected chi connectivity index (χ3v) is 5.20. The van der Waals surface area contributed by atoms with Gasteiger partial charge in [0.05, 0.1) is 17.7 Å². The summed E-state index contributed by atoms with van der Waals surface area (Å²) in [4.78, 5) is 0. The Balaban J connectivity index is 1.76. The van der Waals surface area contributed by atoms with Crippen LogP contribution in [0.2, 0.25) is 0 Å². The third kappa shape index (κ3) is 2.99. The monoisotopic (exact) mass is 290 g/mol. The Hall–Kier alpha value is -0.940. The first-order chi connectivity index (χ1) is 10.3. The van der Waals surface area contributed by atoms with Crippen LogP contribution in [0.3, 0.4) is 0 Å². The van der Waals surface area contributed by atoms with E-state index in [2.05, 4.69) is 17.6 Å². The molecule has 116 valence electrons. The summed E-state index contributed by atoms with van der Waals surface area (Å²) in [5.74, 6) is 6.39. The van der Waals surface area contributed by atoms with E-state index in [0.29, 0.717) is 5.92 Å². The molecule has 1 aliphatic heterocycles. The number of nitrogens with two attached hydrogens (primary N) is 1. The number of hydrazine groups is 1. The molecule has 1 heterocycles. The van der Waals surface area contributed by atoms with Crippen LogP contribution in [0, 0.1) is 5.92 Å². The van der Waals surface area contributed by atoms with Gasteiger partial charge in [-0.25, -0.2) is 0 Å². The summed E-state index contributed by atoms with van der Waals surface area (Å²) in [7, 11) is 1.76. The van der Waals surface area contributed by atoms with E-state index in [-0.39, 0.29) is 17.7 Å². The number of hydrogen-bond acceptors (Lipinski definition) is 4. The van der Waals surface area contributed by atoms with Crippen molar-refractivity contribution in [3.05, 3.63) is 35.9 Å². The number of nitrogens with one attached hydrogen (secondary N) is 1. The molecule has 3 atom stereocenters. The molecule has 0 bridgehead atoms. The van der Waals surface area contributed by atoms with Gasteiger partial charge in [0.1, 0.15) is 0 Å². The van der Waals surface area contributed by atoms with E-state index >= 15 is 0 Å². The molecule has 2 fully saturated rings. The molecule has 1 saturated heterocycles. The average Bonchev–Trinajstić information content (AvgIpc) is 2.52. The molecule has 1 saturated carbocycles. The number of hydrogen-bond donors (Lipinski definition) is 2. The van der Waals surface area contributed by atoms with E-state index < -0.39 is 0 Å². The topological polar surface area (TPSA) is 56.5 Å². The first kappa shape index (κ1) is 15.0. The molecule has 1 aliphatic carbocycles. The maximum Gasteiger partial charge on any atom is 0.0990 e. The Morgan fingerprint density at radius 1 is 1.33 bits per heavy atom. The Labute approximate surface area is 127 Å². The van der Waals surface area contributed by atoms with E-state index in [1.54, 1.807) is 7.11 Å². The van der Waals surface area contributed by atoms with Crippen molar-refractivity contribution in [2.45, 2.75) is 49.9 Å². The molecule has 0 radical (unpaired) electrons. The van der Waals surface area contributed by atoms with Gasteiger partial charge in [-0.3, -0.25) is 11.3 Å². The Morgan fingerprint density at radius 2 is 2.10 bits per heavy atom. The first-order valence-electron chi connectivity index (χ1n) is 7.96. The van der Waals surface area contributed by atoms with E-state index in [4.69, 9.17) is 15.3 Å². The number of benzene rings is 1. The van der Waals surface area contributed by atoms with Crippen LogP contribution in [-0.4, -0.2) is 25.4 Å². The molecule has 3 unspecified atom stereocenters. The normalized spacial score (nSPS) is 27.0. The van der Waals surface area contributed by atoms with E-state index in [9.17, 15) is 0 Å². The molecule has 2 aliphatic rings. The van der Waals surface area contributed by atoms with Gasteiger partial charge in [0, 0.05) is 13.7 Å². The second kappa shape index (κ2) is 6.44. The SMILES string of the molecule is COC(c1ccccc1)C(NN)C1CCOC2(CCC2)C1. The standard InChI is InChI=1S/C17H26N2O2/c1-20-16(13-6-3-2-4-7-13)15(19-18)14-8-11-21-17(12-14)9-5-10-17/h2-4,6-7,14-16,19H,5,8-12,18H2,1H3. The lowest BCUT2D eigenvalue weighted by Crippen LogP contribution is -2.53. The fourth-order valence-electron chi connectivity index (χ4n) is 3.90. The molecule has 4 nitrogen and oxygen atoms in total. The van der Waals surface area contributed by atoms with Gasteiger partial charge in [-0.1, -0.05) is 30.3 Å². The van der Waals surface area contributed by atoms with Crippen molar-refractivity contribution in [1.82, 2.24) is 5.43 Å². The summed E-state index contributed by atoms with van der Waals surface area (Å²) in [5.41, 5.74) is 4.34. The largest absolute Gasteiger partial charge is 0.375 e. The fraction of sp³-hybridized carbons (Fsp3) is 0.647. The van der Waals surface area contributed by atoms with Gasteiger partial charge in [0.25, 0.3) is 0 Å². The highest BCUT2D eigenvalue weighted by atomic mass is 16.5. The van der Waals surface area contributed by atoms with Gasteiger partial charge in [-0.15, -0.1) is 0 Å². The molecule has 3 rings (SSSR count). The first-order valence-corrected chi connectivity index (χ1v) is 7.96. The fourth-order valence-corrected chi connectivity index (χ4v) is 3.90. The van der Waals surface area contributed by atoms with Gasteiger partial charge in [-0.05, 0) is 43.6 Å². The van der Waals surface area contributed by atoms with Crippen molar-refractivity contribution in [3.63, 3.8) is 0 Å². The summed E-state index contributed by atoms with van der Waals surface area (Å²) in [6.45, 7) is 0.841. The van der Waals surface area contributed by atoms with Gasteiger partial charge >= 0.3 is 0 Å². The van der Waals surface area contributed by atoms with Gasteiger partial charge in [-0.2, -0.15) is 0 Å². The third-order valence-electron chi connectivity index (χ3n) is 5.20. The summed E-state index contributed by atoms with van der Waals surface area (Å²) in [6.07, 6.45) is 5.81. The van der Waals surface area contributed by atoms with Crippen LogP contribution >= 0.6 is 0 Å². The van der Waals surface area contributed by atoms with Crippen molar-refractivity contribution >= 4 is 0 Å². The molecular weight excluding hydrogens is 264 g/mol. The number of ether oxygens (including phenoxy) is 2. The van der Waals surface area contributed by atoms with E-state index in [1.165, 1.54) is 24.8 Å². The Kier molecular flexibility index (Phi) is 4.60. The van der Waals surface area contributed by atoms with Crippen molar-refractivity contribution < 1.29 is 9.47 Å². The van der Waals surface area contributed by atoms with Crippen LogP contribution in [0.15, 0.2) is 30.3 Å². The van der Waals surface area contributed by atoms with Gasteiger partial charge < -0.3 is 9.47 Å². The van der Waals surface area contributed by atoms with Crippen LogP contribution in [0.4, 0.5) is 0 Å². The van der Waals surface area contributed by atoms with Crippen molar-refractivity contribution in [3.8, 4) is 0 Å². The summed E-state index contributed by atoms with van der Waals surface area (Å²) in [6, 6.07) is 10.5. The second-order valence-corrected chi connectivity index (χ2v) is 6.40. The van der Waals surface area contributed by atoms with Crippen LogP contribution in [0.25, 0.3) is 0 Å². The molecule has 0 aromatic heterocycles. The molecular formula is C17H26N2O2.